The van der Waals surface area contributed by atoms with Crippen molar-refractivity contribution in [1.82, 2.24) is 9.97 Å². The Kier molecular flexibility index (Phi) is 3.52. The first kappa shape index (κ1) is 15.6. The molecule has 0 saturated carbocycles. The van der Waals surface area contributed by atoms with E-state index in [1.807, 2.05) is 0 Å². The monoisotopic (exact) mass is 328 g/mol. The second-order valence-electron chi connectivity index (χ2n) is 5.15. The molecule has 8 heteroatoms. The molecule has 2 aromatic heterocycles. The number of carbonyl (C=O) groups excluding carboxylic acids is 4. The van der Waals surface area contributed by atoms with E-state index in [1.165, 1.54) is 26.4 Å². The number of hydrogen-bond donors (Lipinski definition) is 1. The summed E-state index contributed by atoms with van der Waals surface area (Å²) in [4.78, 5) is 55.2. The van der Waals surface area contributed by atoms with Crippen molar-refractivity contribution in [2.24, 2.45) is 0 Å². The van der Waals surface area contributed by atoms with Crippen molar-refractivity contribution in [1.29, 1.82) is 0 Å². The molecule has 0 unspecified atom stereocenters. The second kappa shape index (κ2) is 5.41. The van der Waals surface area contributed by atoms with Crippen LogP contribution in [0.1, 0.15) is 47.4 Å². The van der Waals surface area contributed by atoms with Crippen molar-refractivity contribution in [3.8, 4) is 11.3 Å². The third-order valence-electron chi connectivity index (χ3n) is 3.69. The van der Waals surface area contributed by atoms with E-state index in [1.54, 1.807) is 6.92 Å². The highest BCUT2D eigenvalue weighted by molar-refractivity contribution is 6.52. The first-order chi connectivity index (χ1) is 11.4. The Bertz CT molecular complexity index is 925. The molecule has 0 aromatic carbocycles. The van der Waals surface area contributed by atoms with Crippen LogP contribution in [-0.2, 0) is 9.47 Å². The van der Waals surface area contributed by atoms with E-state index < -0.39 is 23.5 Å². The van der Waals surface area contributed by atoms with Crippen molar-refractivity contribution in [2.75, 3.05) is 14.2 Å². The number of esters is 2. The van der Waals surface area contributed by atoms with Gasteiger partial charge in [0, 0.05) is 11.3 Å². The van der Waals surface area contributed by atoms with Gasteiger partial charge in [0.1, 0.15) is 11.4 Å². The summed E-state index contributed by atoms with van der Waals surface area (Å²) >= 11 is 0. The van der Waals surface area contributed by atoms with Crippen LogP contribution >= 0.6 is 0 Å². The summed E-state index contributed by atoms with van der Waals surface area (Å²) in [5.41, 5.74) is 0.617. The Morgan fingerprint density at radius 3 is 2.33 bits per heavy atom. The van der Waals surface area contributed by atoms with E-state index in [0.29, 0.717) is 5.69 Å². The molecular weight excluding hydrogens is 316 g/mol. The zero-order valence-electron chi connectivity index (χ0n) is 13.1. The van der Waals surface area contributed by atoms with Crippen LogP contribution in [-0.4, -0.2) is 47.7 Å². The molecule has 2 heterocycles. The Hall–Kier alpha value is -3.29. The van der Waals surface area contributed by atoms with E-state index in [0.717, 1.165) is 0 Å². The van der Waals surface area contributed by atoms with Gasteiger partial charge in [-0.05, 0) is 19.1 Å². The molecule has 1 N–H and O–H groups in total. The molecule has 1 aliphatic carbocycles. The maximum absolute atomic E-state index is 12.3. The number of aromatic nitrogens is 2. The Labute approximate surface area is 135 Å². The number of nitrogens with one attached hydrogen (secondary N) is 1. The van der Waals surface area contributed by atoms with Crippen molar-refractivity contribution < 1.29 is 28.7 Å². The quantitative estimate of drug-likeness (QED) is 0.653. The summed E-state index contributed by atoms with van der Waals surface area (Å²) in [6.45, 7) is 1.59. The number of aryl methyl sites for hydroxylation is 1. The summed E-state index contributed by atoms with van der Waals surface area (Å²) in [5, 5.41) is 0. The van der Waals surface area contributed by atoms with Gasteiger partial charge in [-0.3, -0.25) is 9.59 Å². The van der Waals surface area contributed by atoms with Crippen LogP contribution < -0.4 is 0 Å². The van der Waals surface area contributed by atoms with Crippen molar-refractivity contribution in [3.05, 3.63) is 40.3 Å². The topological polar surface area (TPSA) is 115 Å². The summed E-state index contributed by atoms with van der Waals surface area (Å²) in [6.07, 6.45) is 0. The predicted octanol–water partition coefficient (Wildman–Crippen LogP) is 1.34. The highest BCUT2D eigenvalue weighted by atomic mass is 16.5. The summed E-state index contributed by atoms with van der Waals surface area (Å²) in [5.74, 6) is -3.04. The van der Waals surface area contributed by atoms with E-state index in [9.17, 15) is 19.2 Å². The Morgan fingerprint density at radius 1 is 1.04 bits per heavy atom. The van der Waals surface area contributed by atoms with E-state index in [4.69, 9.17) is 4.74 Å². The van der Waals surface area contributed by atoms with Gasteiger partial charge in [-0.1, -0.05) is 0 Å². The van der Waals surface area contributed by atoms with E-state index in [-0.39, 0.29) is 33.8 Å². The highest BCUT2D eigenvalue weighted by Crippen LogP contribution is 2.36. The van der Waals surface area contributed by atoms with Crippen molar-refractivity contribution >= 4 is 23.5 Å². The standard InChI is InChI=1S/C16H12N2O6/c1-6-4-7(15(21)23-2)10-11-8(5-9(18-11)16(22)24-3)13(19)14(20)12(10)17-6/h4-5,18H,1-3H3. The normalized spacial score (nSPS) is 12.5. The van der Waals surface area contributed by atoms with Gasteiger partial charge in [-0.2, -0.15) is 0 Å². The molecule has 0 amide bonds. The fraction of sp³-hybridized carbons (Fsp3) is 0.188. The average Bonchev–Trinajstić information content (AvgIpc) is 3.02. The van der Waals surface area contributed by atoms with Gasteiger partial charge in [0.25, 0.3) is 5.78 Å². The zero-order valence-corrected chi connectivity index (χ0v) is 13.1. The minimum Gasteiger partial charge on any atom is -0.465 e. The molecule has 3 rings (SSSR count). The van der Waals surface area contributed by atoms with Crippen LogP contribution in [0.4, 0.5) is 0 Å². The van der Waals surface area contributed by atoms with Crippen LogP contribution in [0.3, 0.4) is 0 Å². The lowest BCUT2D eigenvalue weighted by Gasteiger charge is -2.17. The van der Waals surface area contributed by atoms with Crippen LogP contribution in [0.25, 0.3) is 11.3 Å². The first-order valence-electron chi connectivity index (χ1n) is 6.89. The summed E-state index contributed by atoms with van der Waals surface area (Å²) in [6, 6.07) is 2.68. The fourth-order valence-electron chi connectivity index (χ4n) is 2.64. The Balaban J connectivity index is 2.36. The number of aromatic amines is 1. The Morgan fingerprint density at radius 2 is 1.71 bits per heavy atom. The largest absolute Gasteiger partial charge is 0.465 e. The SMILES string of the molecule is COC(=O)c1cc2c([nH]1)-c1c(C(=O)OC)cc(C)nc1C(=O)C2=O. The molecular formula is C16H12N2O6. The average molecular weight is 328 g/mol. The smallest absolute Gasteiger partial charge is 0.354 e. The maximum atomic E-state index is 12.3. The van der Waals surface area contributed by atoms with Crippen molar-refractivity contribution in [2.45, 2.75) is 6.92 Å². The third-order valence-corrected chi connectivity index (χ3v) is 3.69. The number of fused-ring (bicyclic) bond motifs is 3. The van der Waals surface area contributed by atoms with Crippen LogP contribution in [0.15, 0.2) is 12.1 Å². The molecule has 0 bridgehead atoms. The van der Waals surface area contributed by atoms with Gasteiger partial charge in [0.2, 0.25) is 5.78 Å². The first-order valence-corrected chi connectivity index (χ1v) is 6.89. The number of ketones is 2. The number of rotatable bonds is 2. The molecule has 24 heavy (non-hydrogen) atoms. The van der Waals surface area contributed by atoms with Crippen molar-refractivity contribution in [3.63, 3.8) is 0 Å². The number of H-pyrrole nitrogens is 1. The number of pyridine rings is 1. The van der Waals surface area contributed by atoms with Gasteiger partial charge in [0.05, 0.1) is 31.0 Å². The lowest BCUT2D eigenvalue weighted by atomic mass is 9.88. The molecule has 8 nitrogen and oxygen atoms in total. The number of nitrogens with zero attached hydrogens (tertiary/aromatic N) is 1. The summed E-state index contributed by atoms with van der Waals surface area (Å²) in [7, 11) is 2.39. The van der Waals surface area contributed by atoms with E-state index >= 15 is 0 Å². The molecule has 0 atom stereocenters. The molecule has 1 aliphatic rings. The molecule has 0 fully saturated rings. The lowest BCUT2D eigenvalue weighted by molar-refractivity contribution is 0.0589. The molecule has 0 radical (unpaired) electrons. The van der Waals surface area contributed by atoms with Crippen LogP contribution in [0.2, 0.25) is 0 Å². The summed E-state index contributed by atoms with van der Waals surface area (Å²) < 4.78 is 9.35. The van der Waals surface area contributed by atoms with Crippen LogP contribution in [0, 0.1) is 6.92 Å². The zero-order chi connectivity index (χ0) is 17.6. The molecule has 122 valence electrons. The van der Waals surface area contributed by atoms with Gasteiger partial charge in [-0.25, -0.2) is 14.6 Å². The van der Waals surface area contributed by atoms with Gasteiger partial charge >= 0.3 is 11.9 Å². The number of Topliss-reactive ketones (excluding diaryl/α,β-unsaturated/α-hetero) is 2. The molecule has 0 saturated heterocycles. The predicted molar refractivity (Wildman–Crippen MR) is 80.1 cm³/mol. The molecule has 0 aliphatic heterocycles. The minimum absolute atomic E-state index is 0.00658. The molecule has 2 aromatic rings. The van der Waals surface area contributed by atoms with E-state index in [2.05, 4.69) is 14.7 Å². The third kappa shape index (κ3) is 2.11. The number of ether oxygens (including phenoxy) is 2. The number of hydrogen-bond acceptors (Lipinski definition) is 7. The van der Waals surface area contributed by atoms with Crippen LogP contribution in [0.5, 0.6) is 0 Å². The number of methoxy groups -OCH3 is 2. The van der Waals surface area contributed by atoms with Gasteiger partial charge in [-0.15, -0.1) is 0 Å². The van der Waals surface area contributed by atoms with Gasteiger partial charge < -0.3 is 14.5 Å². The minimum atomic E-state index is -0.846. The van der Waals surface area contributed by atoms with Gasteiger partial charge in [0.15, 0.2) is 0 Å². The highest BCUT2D eigenvalue weighted by Gasteiger charge is 2.37. The second-order valence-corrected chi connectivity index (χ2v) is 5.15. The molecule has 0 spiro atoms. The maximum Gasteiger partial charge on any atom is 0.354 e. The number of carbonyl (C=O) groups is 4. The lowest BCUT2D eigenvalue weighted by Crippen LogP contribution is -2.24. The fourth-order valence-corrected chi connectivity index (χ4v) is 2.64.